The normalized spacial score (nSPS) is 10.0. The molecule has 0 aliphatic heterocycles. The van der Waals surface area contributed by atoms with Crippen molar-refractivity contribution < 1.29 is 4.79 Å². The largest absolute Gasteiger partial charge is 0.351 e. The lowest BCUT2D eigenvalue weighted by molar-refractivity contribution is 0.102. The molecule has 0 saturated heterocycles. The number of rotatable bonds is 5. The standard InChI is InChI=1S/C15H15BrN4O/c1-3-6-17-15-18-8-11(9-19-15)14(21)20-12-5-4-10(2)13(16)7-12/h3-5,7-9H,1,6H2,2H3,(H,20,21)(H,17,18,19). The maximum Gasteiger partial charge on any atom is 0.258 e. The molecule has 6 heteroatoms. The summed E-state index contributed by atoms with van der Waals surface area (Å²) in [5.41, 5.74) is 2.22. The molecule has 0 fully saturated rings. The van der Waals surface area contributed by atoms with E-state index >= 15 is 0 Å². The smallest absolute Gasteiger partial charge is 0.258 e. The van der Waals surface area contributed by atoms with E-state index in [0.29, 0.717) is 23.7 Å². The average Bonchev–Trinajstić information content (AvgIpc) is 2.49. The molecule has 0 saturated carbocycles. The molecule has 1 aromatic carbocycles. The lowest BCUT2D eigenvalue weighted by Crippen LogP contribution is -2.13. The predicted octanol–water partition coefficient (Wildman–Crippen LogP) is 3.40. The van der Waals surface area contributed by atoms with Crippen molar-refractivity contribution >= 4 is 33.5 Å². The zero-order valence-corrected chi connectivity index (χ0v) is 13.1. The van der Waals surface area contributed by atoms with Crippen molar-refractivity contribution in [2.45, 2.75) is 6.92 Å². The molecule has 1 amide bonds. The molecular formula is C15H15BrN4O. The molecule has 0 unspecified atom stereocenters. The Labute approximate surface area is 131 Å². The third kappa shape index (κ3) is 4.13. The molecule has 108 valence electrons. The van der Waals surface area contributed by atoms with Crippen molar-refractivity contribution in [1.29, 1.82) is 0 Å². The van der Waals surface area contributed by atoms with Gasteiger partial charge in [0, 0.05) is 29.1 Å². The molecule has 0 spiro atoms. The average molecular weight is 347 g/mol. The third-order valence-electron chi connectivity index (χ3n) is 2.75. The highest BCUT2D eigenvalue weighted by Crippen LogP contribution is 2.21. The first-order valence-electron chi connectivity index (χ1n) is 6.34. The summed E-state index contributed by atoms with van der Waals surface area (Å²) in [4.78, 5) is 20.2. The molecule has 2 rings (SSSR count). The number of amides is 1. The number of nitrogens with one attached hydrogen (secondary N) is 2. The van der Waals surface area contributed by atoms with Crippen molar-refractivity contribution in [1.82, 2.24) is 9.97 Å². The van der Waals surface area contributed by atoms with Crippen LogP contribution in [-0.4, -0.2) is 22.4 Å². The highest BCUT2D eigenvalue weighted by molar-refractivity contribution is 9.10. The van der Waals surface area contributed by atoms with Crippen molar-refractivity contribution in [3.63, 3.8) is 0 Å². The predicted molar refractivity (Wildman–Crippen MR) is 87.6 cm³/mol. The highest BCUT2D eigenvalue weighted by atomic mass is 79.9. The van der Waals surface area contributed by atoms with E-state index in [0.717, 1.165) is 10.0 Å². The fraction of sp³-hybridized carbons (Fsp3) is 0.133. The molecular weight excluding hydrogens is 332 g/mol. The van der Waals surface area contributed by atoms with E-state index in [9.17, 15) is 4.79 Å². The van der Waals surface area contributed by atoms with Crippen molar-refractivity contribution in [3.8, 4) is 0 Å². The molecule has 0 aliphatic rings. The van der Waals surface area contributed by atoms with Crippen LogP contribution in [0, 0.1) is 6.92 Å². The van der Waals surface area contributed by atoms with E-state index in [2.05, 4.69) is 43.1 Å². The van der Waals surface area contributed by atoms with Crippen LogP contribution in [0.4, 0.5) is 11.6 Å². The van der Waals surface area contributed by atoms with Gasteiger partial charge in [-0.05, 0) is 24.6 Å². The van der Waals surface area contributed by atoms with Crippen LogP contribution in [0.3, 0.4) is 0 Å². The van der Waals surface area contributed by atoms with Crippen LogP contribution in [0.5, 0.6) is 0 Å². The summed E-state index contributed by atoms with van der Waals surface area (Å²) >= 11 is 3.43. The summed E-state index contributed by atoms with van der Waals surface area (Å²) in [5.74, 6) is 0.213. The summed E-state index contributed by atoms with van der Waals surface area (Å²) in [7, 11) is 0. The molecule has 0 radical (unpaired) electrons. The first-order chi connectivity index (χ1) is 10.1. The number of hydrogen-bond donors (Lipinski definition) is 2. The topological polar surface area (TPSA) is 66.9 Å². The van der Waals surface area contributed by atoms with E-state index in [1.165, 1.54) is 12.4 Å². The summed E-state index contributed by atoms with van der Waals surface area (Å²) in [6.07, 6.45) is 4.67. The minimum absolute atomic E-state index is 0.249. The molecule has 0 bridgehead atoms. The number of halogens is 1. The minimum atomic E-state index is -0.249. The van der Waals surface area contributed by atoms with Crippen molar-refractivity contribution in [2.75, 3.05) is 17.2 Å². The maximum atomic E-state index is 12.1. The van der Waals surface area contributed by atoms with E-state index in [-0.39, 0.29) is 5.91 Å². The molecule has 2 N–H and O–H groups in total. The highest BCUT2D eigenvalue weighted by Gasteiger charge is 2.08. The molecule has 1 aromatic heterocycles. The first-order valence-corrected chi connectivity index (χ1v) is 7.14. The molecule has 0 aliphatic carbocycles. The quantitative estimate of drug-likeness (QED) is 0.814. The van der Waals surface area contributed by atoms with Gasteiger partial charge in [-0.3, -0.25) is 4.79 Å². The number of aryl methyl sites for hydroxylation is 1. The second-order valence-electron chi connectivity index (χ2n) is 4.38. The summed E-state index contributed by atoms with van der Waals surface area (Å²) in [6, 6.07) is 5.63. The van der Waals surface area contributed by atoms with Gasteiger partial charge in [0.05, 0.1) is 5.56 Å². The van der Waals surface area contributed by atoms with Gasteiger partial charge >= 0.3 is 0 Å². The van der Waals surface area contributed by atoms with Crippen LogP contribution >= 0.6 is 15.9 Å². The second kappa shape index (κ2) is 6.99. The maximum absolute atomic E-state index is 12.1. The summed E-state index contributed by atoms with van der Waals surface area (Å²) in [5, 5.41) is 5.75. The number of aromatic nitrogens is 2. The Morgan fingerprint density at radius 1 is 1.38 bits per heavy atom. The van der Waals surface area contributed by atoms with Gasteiger partial charge < -0.3 is 10.6 Å². The Morgan fingerprint density at radius 2 is 2.10 bits per heavy atom. The van der Waals surface area contributed by atoms with Crippen LogP contribution in [0.25, 0.3) is 0 Å². The van der Waals surface area contributed by atoms with Gasteiger partial charge in [0.2, 0.25) is 5.95 Å². The molecule has 21 heavy (non-hydrogen) atoms. The third-order valence-corrected chi connectivity index (χ3v) is 3.60. The van der Waals surface area contributed by atoms with Crippen LogP contribution in [0.15, 0.2) is 47.7 Å². The van der Waals surface area contributed by atoms with E-state index in [1.54, 1.807) is 6.08 Å². The lowest BCUT2D eigenvalue weighted by Gasteiger charge is -2.07. The van der Waals surface area contributed by atoms with Gasteiger partial charge in [-0.2, -0.15) is 0 Å². The Kier molecular flexibility index (Phi) is 5.05. The minimum Gasteiger partial charge on any atom is -0.351 e. The number of carbonyl (C=O) groups is 1. The van der Waals surface area contributed by atoms with Crippen molar-refractivity contribution in [3.05, 3.63) is 58.8 Å². The van der Waals surface area contributed by atoms with Crippen LogP contribution in [0.2, 0.25) is 0 Å². The van der Waals surface area contributed by atoms with Gasteiger partial charge in [-0.25, -0.2) is 9.97 Å². The number of carbonyl (C=O) groups excluding carboxylic acids is 1. The first kappa shape index (κ1) is 15.2. The molecule has 2 aromatic rings. The zero-order valence-electron chi connectivity index (χ0n) is 11.6. The van der Waals surface area contributed by atoms with Gasteiger partial charge in [0.15, 0.2) is 0 Å². The Morgan fingerprint density at radius 3 is 2.71 bits per heavy atom. The van der Waals surface area contributed by atoms with Gasteiger partial charge in [0.1, 0.15) is 0 Å². The molecule has 5 nitrogen and oxygen atoms in total. The monoisotopic (exact) mass is 346 g/mol. The van der Waals surface area contributed by atoms with Crippen molar-refractivity contribution in [2.24, 2.45) is 0 Å². The number of nitrogens with zero attached hydrogens (tertiary/aromatic N) is 2. The van der Waals surface area contributed by atoms with E-state index in [1.807, 2.05) is 25.1 Å². The summed E-state index contributed by atoms with van der Waals surface area (Å²) < 4.78 is 0.945. The fourth-order valence-electron chi connectivity index (χ4n) is 1.57. The Hall–Kier alpha value is -2.21. The van der Waals surface area contributed by atoms with Gasteiger partial charge in [-0.1, -0.05) is 28.1 Å². The van der Waals surface area contributed by atoms with Gasteiger partial charge in [0.25, 0.3) is 5.91 Å². The zero-order chi connectivity index (χ0) is 15.2. The van der Waals surface area contributed by atoms with Crippen LogP contribution in [0.1, 0.15) is 15.9 Å². The van der Waals surface area contributed by atoms with Crippen LogP contribution in [-0.2, 0) is 0 Å². The number of anilines is 2. The number of hydrogen-bond acceptors (Lipinski definition) is 4. The second-order valence-corrected chi connectivity index (χ2v) is 5.24. The molecule has 0 atom stereocenters. The molecule has 1 heterocycles. The Balaban J connectivity index is 2.05. The van der Waals surface area contributed by atoms with E-state index < -0.39 is 0 Å². The van der Waals surface area contributed by atoms with Gasteiger partial charge in [-0.15, -0.1) is 6.58 Å². The Bertz CT molecular complexity index is 655. The summed E-state index contributed by atoms with van der Waals surface area (Å²) in [6.45, 7) is 6.15. The van der Waals surface area contributed by atoms with E-state index in [4.69, 9.17) is 0 Å². The van der Waals surface area contributed by atoms with Crippen LogP contribution < -0.4 is 10.6 Å². The SMILES string of the molecule is C=CCNc1ncc(C(=O)Nc2ccc(C)c(Br)c2)cn1. The lowest BCUT2D eigenvalue weighted by atomic mass is 10.2. The number of benzene rings is 1. The fourth-order valence-corrected chi connectivity index (χ4v) is 1.95.